The Bertz CT molecular complexity index is 524. The first-order valence-corrected chi connectivity index (χ1v) is 5.81. The molecule has 19 heavy (non-hydrogen) atoms. The van der Waals surface area contributed by atoms with Crippen LogP contribution >= 0.6 is 0 Å². The second kappa shape index (κ2) is 5.09. The Balaban J connectivity index is 2.38. The number of hydrogen-bond acceptors (Lipinski definition) is 6. The Kier molecular flexibility index (Phi) is 3.50. The van der Waals surface area contributed by atoms with Gasteiger partial charge in [0.15, 0.2) is 5.75 Å². The van der Waals surface area contributed by atoms with E-state index in [-0.39, 0.29) is 11.9 Å². The van der Waals surface area contributed by atoms with Crippen LogP contribution in [0.15, 0.2) is 12.1 Å². The van der Waals surface area contributed by atoms with Gasteiger partial charge in [-0.3, -0.25) is 20.2 Å². The zero-order valence-corrected chi connectivity index (χ0v) is 9.94. The van der Waals surface area contributed by atoms with Gasteiger partial charge in [0.1, 0.15) is 6.07 Å². The zero-order valence-electron chi connectivity index (χ0n) is 9.94. The van der Waals surface area contributed by atoms with Crippen LogP contribution in [0.2, 0.25) is 0 Å². The number of ether oxygens (including phenoxy) is 1. The largest absolute Gasteiger partial charge is 0.502 e. The molecule has 1 N–H and O–H groups in total. The summed E-state index contributed by atoms with van der Waals surface area (Å²) in [5.74, 6) is -0.761. The monoisotopic (exact) mass is 268 g/mol. The number of nitro groups is 2. The van der Waals surface area contributed by atoms with Gasteiger partial charge in [-0.1, -0.05) is 0 Å². The summed E-state index contributed by atoms with van der Waals surface area (Å²) < 4.78 is 5.46. The molecule has 0 amide bonds. The summed E-state index contributed by atoms with van der Waals surface area (Å²) in [4.78, 5) is 19.9. The van der Waals surface area contributed by atoms with Gasteiger partial charge in [-0.05, 0) is 25.7 Å². The van der Waals surface area contributed by atoms with Crippen molar-refractivity contribution < 1.29 is 19.7 Å². The van der Waals surface area contributed by atoms with Crippen molar-refractivity contribution in [3.63, 3.8) is 0 Å². The van der Waals surface area contributed by atoms with Gasteiger partial charge in [-0.25, -0.2) is 0 Å². The third kappa shape index (κ3) is 2.72. The van der Waals surface area contributed by atoms with Crippen molar-refractivity contribution in [2.24, 2.45) is 0 Å². The van der Waals surface area contributed by atoms with Gasteiger partial charge in [-0.15, -0.1) is 0 Å². The maximum Gasteiger partial charge on any atom is 0.318 e. The van der Waals surface area contributed by atoms with Gasteiger partial charge < -0.3 is 9.84 Å². The van der Waals surface area contributed by atoms with Crippen molar-refractivity contribution in [3.8, 4) is 11.5 Å². The van der Waals surface area contributed by atoms with Crippen molar-refractivity contribution in [2.45, 2.75) is 31.8 Å². The lowest BCUT2D eigenvalue weighted by molar-refractivity contribution is -0.395. The highest BCUT2D eigenvalue weighted by Gasteiger charge is 2.28. The lowest BCUT2D eigenvalue weighted by Gasteiger charge is -2.13. The molecule has 8 heteroatoms. The normalized spacial score (nSPS) is 15.4. The van der Waals surface area contributed by atoms with E-state index in [0.717, 1.165) is 37.8 Å². The SMILES string of the molecule is O=[N+]([O-])c1cc([N+](=O)[O-])c(OC2CCCC2)cc1O. The maximum absolute atomic E-state index is 10.9. The molecule has 2 rings (SSSR count). The third-order valence-electron chi connectivity index (χ3n) is 3.05. The van der Waals surface area contributed by atoms with E-state index in [1.54, 1.807) is 0 Å². The molecule has 8 nitrogen and oxygen atoms in total. The van der Waals surface area contributed by atoms with Crippen LogP contribution in [0.4, 0.5) is 11.4 Å². The molecule has 1 aromatic carbocycles. The fraction of sp³-hybridized carbons (Fsp3) is 0.455. The van der Waals surface area contributed by atoms with Crippen molar-refractivity contribution >= 4 is 11.4 Å². The van der Waals surface area contributed by atoms with E-state index in [4.69, 9.17) is 4.74 Å². The smallest absolute Gasteiger partial charge is 0.318 e. The van der Waals surface area contributed by atoms with Gasteiger partial charge in [0.2, 0.25) is 5.75 Å². The predicted molar refractivity (Wildman–Crippen MR) is 64.3 cm³/mol. The van der Waals surface area contributed by atoms with Gasteiger partial charge in [-0.2, -0.15) is 0 Å². The quantitative estimate of drug-likeness (QED) is 0.662. The van der Waals surface area contributed by atoms with Crippen LogP contribution < -0.4 is 4.74 Å². The van der Waals surface area contributed by atoms with Gasteiger partial charge in [0, 0.05) is 6.07 Å². The molecule has 0 aliphatic heterocycles. The van der Waals surface area contributed by atoms with Crippen LogP contribution in [0.5, 0.6) is 11.5 Å². The van der Waals surface area contributed by atoms with Crippen LogP contribution in [0, 0.1) is 20.2 Å². The molecule has 1 saturated carbocycles. The van der Waals surface area contributed by atoms with E-state index in [1.165, 1.54) is 0 Å². The molecule has 102 valence electrons. The molecular formula is C11H12N2O6. The minimum absolute atomic E-state index is 0.125. The first kappa shape index (κ1) is 13.1. The summed E-state index contributed by atoms with van der Waals surface area (Å²) in [5, 5.41) is 31.0. The average Bonchev–Trinajstić information content (AvgIpc) is 2.81. The van der Waals surface area contributed by atoms with E-state index in [0.29, 0.717) is 0 Å². The molecule has 1 aliphatic rings. The van der Waals surface area contributed by atoms with Crippen molar-refractivity contribution in [1.82, 2.24) is 0 Å². The number of nitrogens with zero attached hydrogens (tertiary/aromatic N) is 2. The molecule has 0 atom stereocenters. The van der Waals surface area contributed by atoms with E-state index in [9.17, 15) is 25.3 Å². The Morgan fingerprint density at radius 3 is 2.21 bits per heavy atom. The minimum atomic E-state index is -0.873. The van der Waals surface area contributed by atoms with Crippen LogP contribution in [0.1, 0.15) is 25.7 Å². The van der Waals surface area contributed by atoms with Crippen LogP contribution in [-0.2, 0) is 0 Å². The zero-order chi connectivity index (χ0) is 14.0. The second-order valence-electron chi connectivity index (χ2n) is 4.35. The summed E-state index contributed by atoms with van der Waals surface area (Å²) >= 11 is 0. The second-order valence-corrected chi connectivity index (χ2v) is 4.35. The number of phenolic OH excluding ortho intramolecular Hbond substituents is 1. The molecule has 1 aliphatic carbocycles. The Labute approximate surface area is 107 Å². The van der Waals surface area contributed by atoms with Crippen molar-refractivity contribution in [1.29, 1.82) is 0 Å². The highest BCUT2D eigenvalue weighted by molar-refractivity contribution is 5.60. The maximum atomic E-state index is 10.9. The Morgan fingerprint density at radius 2 is 1.68 bits per heavy atom. The molecule has 0 bridgehead atoms. The summed E-state index contributed by atoms with van der Waals surface area (Å²) in [5.41, 5.74) is -1.21. The summed E-state index contributed by atoms with van der Waals surface area (Å²) in [6.45, 7) is 0. The van der Waals surface area contributed by atoms with E-state index in [2.05, 4.69) is 0 Å². The fourth-order valence-corrected chi connectivity index (χ4v) is 2.12. The topological polar surface area (TPSA) is 116 Å². The fourth-order valence-electron chi connectivity index (χ4n) is 2.12. The molecule has 0 unspecified atom stereocenters. The van der Waals surface area contributed by atoms with E-state index >= 15 is 0 Å². The van der Waals surface area contributed by atoms with Crippen LogP contribution in [0.3, 0.4) is 0 Å². The molecule has 1 aromatic rings. The average molecular weight is 268 g/mol. The number of phenols is 1. The molecule has 0 aromatic heterocycles. The van der Waals surface area contributed by atoms with Gasteiger partial charge >= 0.3 is 11.4 Å². The minimum Gasteiger partial charge on any atom is -0.502 e. The number of hydrogen-bond donors (Lipinski definition) is 1. The first-order chi connectivity index (χ1) is 8.99. The molecule has 0 saturated heterocycles. The lowest BCUT2D eigenvalue weighted by Crippen LogP contribution is -2.12. The Hall–Kier alpha value is -2.38. The molecule has 1 fully saturated rings. The molecule has 0 radical (unpaired) electrons. The number of aromatic hydroxyl groups is 1. The third-order valence-corrected chi connectivity index (χ3v) is 3.05. The highest BCUT2D eigenvalue weighted by Crippen LogP contribution is 2.39. The molecule has 0 spiro atoms. The lowest BCUT2D eigenvalue weighted by atomic mass is 10.2. The van der Waals surface area contributed by atoms with E-state index in [1.807, 2.05) is 0 Å². The number of benzene rings is 1. The summed E-state index contributed by atoms with van der Waals surface area (Å²) in [7, 11) is 0. The van der Waals surface area contributed by atoms with Crippen molar-refractivity contribution in [2.75, 3.05) is 0 Å². The van der Waals surface area contributed by atoms with E-state index < -0.39 is 27.0 Å². The molecule has 0 heterocycles. The summed E-state index contributed by atoms with van der Waals surface area (Å²) in [6.07, 6.45) is 3.40. The predicted octanol–water partition coefficient (Wildman–Crippen LogP) is 2.53. The standard InChI is InChI=1S/C11H12N2O6/c14-10-6-11(19-7-3-1-2-4-7)9(13(17)18)5-8(10)12(15)16/h5-7,14H,1-4H2. The van der Waals surface area contributed by atoms with Crippen LogP contribution in [-0.4, -0.2) is 21.1 Å². The number of rotatable bonds is 4. The summed E-state index contributed by atoms with van der Waals surface area (Å²) in [6, 6.07) is 1.66. The number of nitro benzene ring substituents is 2. The first-order valence-electron chi connectivity index (χ1n) is 5.81. The van der Waals surface area contributed by atoms with Crippen LogP contribution in [0.25, 0.3) is 0 Å². The van der Waals surface area contributed by atoms with Gasteiger partial charge in [0.25, 0.3) is 0 Å². The highest BCUT2D eigenvalue weighted by atomic mass is 16.6. The molecular weight excluding hydrogens is 256 g/mol. The Morgan fingerprint density at radius 1 is 1.11 bits per heavy atom. The van der Waals surface area contributed by atoms with Crippen molar-refractivity contribution in [3.05, 3.63) is 32.4 Å². The van der Waals surface area contributed by atoms with Gasteiger partial charge in [0.05, 0.1) is 16.0 Å².